The predicted molar refractivity (Wildman–Crippen MR) is 89.0 cm³/mol. The number of nitrogens with zero attached hydrogens (tertiary/aromatic N) is 6. The van der Waals surface area contributed by atoms with Gasteiger partial charge < -0.3 is 9.26 Å². The van der Waals surface area contributed by atoms with Crippen LogP contribution in [0.4, 0.5) is 0 Å². The van der Waals surface area contributed by atoms with Crippen molar-refractivity contribution in [3.05, 3.63) is 54.2 Å². The Morgan fingerprint density at radius 1 is 1.24 bits per heavy atom. The van der Waals surface area contributed by atoms with Crippen LogP contribution < -0.4 is 0 Å². The molecular weight excluding hydrogens is 320 g/mol. The van der Waals surface area contributed by atoms with E-state index in [0.29, 0.717) is 24.9 Å². The molecule has 25 heavy (non-hydrogen) atoms. The number of hydrogen-bond donors (Lipinski definition) is 0. The molecule has 0 unspecified atom stereocenters. The van der Waals surface area contributed by atoms with Gasteiger partial charge in [-0.2, -0.15) is 4.98 Å². The van der Waals surface area contributed by atoms with E-state index in [1.165, 1.54) is 0 Å². The van der Waals surface area contributed by atoms with Gasteiger partial charge in [-0.15, -0.1) is 10.2 Å². The minimum absolute atomic E-state index is 0.0401. The number of morpholine rings is 1. The van der Waals surface area contributed by atoms with E-state index in [0.717, 1.165) is 18.1 Å². The summed E-state index contributed by atoms with van der Waals surface area (Å²) in [5.74, 6) is 2.07. The van der Waals surface area contributed by atoms with Gasteiger partial charge in [-0.05, 0) is 26.0 Å². The molecule has 3 heterocycles. The summed E-state index contributed by atoms with van der Waals surface area (Å²) in [7, 11) is 0. The van der Waals surface area contributed by atoms with Gasteiger partial charge in [-0.1, -0.05) is 23.4 Å². The number of aromatic nitrogens is 5. The normalized spacial score (nSPS) is 21.5. The molecule has 0 N–H and O–H groups in total. The van der Waals surface area contributed by atoms with Crippen LogP contribution in [-0.2, 0) is 11.3 Å². The topological polar surface area (TPSA) is 82.1 Å². The van der Waals surface area contributed by atoms with Crippen molar-refractivity contribution in [3.8, 4) is 5.69 Å². The summed E-state index contributed by atoms with van der Waals surface area (Å²) < 4.78 is 13.2. The summed E-state index contributed by atoms with van der Waals surface area (Å²) >= 11 is 0. The summed E-state index contributed by atoms with van der Waals surface area (Å²) in [5, 5.41) is 12.3. The molecule has 1 aromatic carbocycles. The quantitative estimate of drug-likeness (QED) is 0.717. The highest BCUT2D eigenvalue weighted by Crippen LogP contribution is 2.29. The molecule has 4 rings (SSSR count). The average Bonchev–Trinajstić information content (AvgIpc) is 3.25. The Balaban J connectivity index is 1.62. The first kappa shape index (κ1) is 15.9. The molecule has 1 aliphatic heterocycles. The van der Waals surface area contributed by atoms with Crippen molar-refractivity contribution in [2.75, 3.05) is 13.2 Å². The van der Waals surface area contributed by atoms with E-state index in [1.807, 2.05) is 48.7 Å². The van der Waals surface area contributed by atoms with Crippen LogP contribution in [0.3, 0.4) is 0 Å². The van der Waals surface area contributed by atoms with Crippen LogP contribution in [0.5, 0.6) is 0 Å². The van der Waals surface area contributed by atoms with Gasteiger partial charge in [0.2, 0.25) is 5.89 Å². The zero-order valence-electron chi connectivity index (χ0n) is 14.2. The molecule has 2 aromatic heterocycles. The van der Waals surface area contributed by atoms with Gasteiger partial charge in [-0.25, -0.2) is 0 Å². The predicted octanol–water partition coefficient (Wildman–Crippen LogP) is 1.92. The molecular formula is C17H20N6O2. The first-order valence-corrected chi connectivity index (χ1v) is 8.32. The van der Waals surface area contributed by atoms with E-state index >= 15 is 0 Å². The van der Waals surface area contributed by atoms with E-state index in [-0.39, 0.29) is 12.1 Å². The second-order valence-electron chi connectivity index (χ2n) is 6.12. The molecule has 0 aliphatic carbocycles. The Morgan fingerprint density at radius 2 is 2.08 bits per heavy atom. The second kappa shape index (κ2) is 6.73. The van der Waals surface area contributed by atoms with Crippen LogP contribution >= 0.6 is 0 Å². The summed E-state index contributed by atoms with van der Waals surface area (Å²) in [5.41, 5.74) is 1.04. The maximum absolute atomic E-state index is 5.81. The number of aryl methyl sites for hydroxylation is 1. The second-order valence-corrected chi connectivity index (χ2v) is 6.12. The Labute approximate surface area is 145 Å². The lowest BCUT2D eigenvalue weighted by Gasteiger charge is -2.37. The lowest BCUT2D eigenvalue weighted by molar-refractivity contribution is -0.0772. The van der Waals surface area contributed by atoms with E-state index in [4.69, 9.17) is 9.26 Å². The Hall–Kier alpha value is -2.58. The Bertz CT molecular complexity index is 831. The zero-order valence-corrected chi connectivity index (χ0v) is 14.2. The molecule has 1 aliphatic rings. The van der Waals surface area contributed by atoms with Gasteiger partial charge in [0.1, 0.15) is 12.4 Å². The highest BCUT2D eigenvalue weighted by atomic mass is 16.5. The van der Waals surface area contributed by atoms with Crippen molar-refractivity contribution in [2.45, 2.75) is 32.5 Å². The van der Waals surface area contributed by atoms with Gasteiger partial charge in [0.25, 0.3) is 0 Å². The van der Waals surface area contributed by atoms with E-state index in [2.05, 4.69) is 25.2 Å². The van der Waals surface area contributed by atoms with Crippen molar-refractivity contribution in [1.29, 1.82) is 0 Å². The third-order valence-electron chi connectivity index (χ3n) is 4.39. The van der Waals surface area contributed by atoms with Crippen molar-refractivity contribution < 1.29 is 9.26 Å². The highest BCUT2D eigenvalue weighted by molar-refractivity contribution is 5.32. The SMILES string of the molecule is Cc1noc([C@@H]2[C@@H](C)OCCN2Cc2nncn2-c2ccccc2)n1. The number of ether oxygens (including phenoxy) is 1. The molecule has 1 fully saturated rings. The fourth-order valence-corrected chi connectivity index (χ4v) is 3.20. The molecule has 0 spiro atoms. The van der Waals surface area contributed by atoms with Crippen LogP contribution in [-0.4, -0.2) is 49.1 Å². The number of para-hydroxylation sites is 1. The number of rotatable bonds is 4. The van der Waals surface area contributed by atoms with Crippen molar-refractivity contribution in [1.82, 2.24) is 29.8 Å². The minimum Gasteiger partial charge on any atom is -0.375 e. The van der Waals surface area contributed by atoms with Gasteiger partial charge in [-0.3, -0.25) is 9.47 Å². The molecule has 8 heteroatoms. The largest absolute Gasteiger partial charge is 0.375 e. The van der Waals surface area contributed by atoms with Crippen LogP contribution in [0.15, 0.2) is 41.2 Å². The van der Waals surface area contributed by atoms with Gasteiger partial charge >= 0.3 is 0 Å². The van der Waals surface area contributed by atoms with Crippen molar-refractivity contribution >= 4 is 0 Å². The monoisotopic (exact) mass is 340 g/mol. The van der Waals surface area contributed by atoms with Crippen LogP contribution in [0.2, 0.25) is 0 Å². The highest BCUT2D eigenvalue weighted by Gasteiger charge is 2.35. The molecule has 8 nitrogen and oxygen atoms in total. The molecule has 130 valence electrons. The maximum Gasteiger partial charge on any atom is 0.246 e. The summed E-state index contributed by atoms with van der Waals surface area (Å²) in [4.78, 5) is 6.66. The third-order valence-corrected chi connectivity index (χ3v) is 4.39. The first-order valence-electron chi connectivity index (χ1n) is 8.32. The Kier molecular flexibility index (Phi) is 4.29. The average molecular weight is 340 g/mol. The number of hydrogen-bond acceptors (Lipinski definition) is 7. The fourth-order valence-electron chi connectivity index (χ4n) is 3.20. The zero-order chi connectivity index (χ0) is 17.2. The van der Waals surface area contributed by atoms with Crippen LogP contribution in [0.1, 0.15) is 30.5 Å². The summed E-state index contributed by atoms with van der Waals surface area (Å²) in [6.07, 6.45) is 1.70. The first-order chi connectivity index (χ1) is 12.2. The lowest BCUT2D eigenvalue weighted by Crippen LogP contribution is -2.44. The van der Waals surface area contributed by atoms with Gasteiger partial charge in [0, 0.05) is 12.2 Å². The molecule has 3 aromatic rings. The molecule has 0 saturated carbocycles. The third kappa shape index (κ3) is 3.18. The molecule has 2 atom stereocenters. The molecule has 0 bridgehead atoms. The molecule has 0 radical (unpaired) electrons. The van der Waals surface area contributed by atoms with E-state index in [1.54, 1.807) is 6.33 Å². The molecule has 1 saturated heterocycles. The molecule has 0 amide bonds. The number of benzene rings is 1. The minimum atomic E-state index is -0.101. The van der Waals surface area contributed by atoms with Crippen LogP contribution in [0.25, 0.3) is 5.69 Å². The van der Waals surface area contributed by atoms with E-state index < -0.39 is 0 Å². The van der Waals surface area contributed by atoms with Crippen molar-refractivity contribution in [2.24, 2.45) is 0 Å². The van der Waals surface area contributed by atoms with Gasteiger partial charge in [0.15, 0.2) is 11.6 Å². The maximum atomic E-state index is 5.81. The summed E-state index contributed by atoms with van der Waals surface area (Å²) in [6.45, 7) is 5.88. The standard InChI is InChI=1S/C17H20N6O2/c1-12-16(17-19-13(2)21-25-17)22(8-9-24-12)10-15-20-18-11-23(15)14-6-4-3-5-7-14/h3-7,11-12,16H,8-10H2,1-2H3/t12-,16+/m1/s1. The fraction of sp³-hybridized carbons (Fsp3) is 0.412. The Morgan fingerprint density at radius 3 is 2.84 bits per heavy atom. The van der Waals surface area contributed by atoms with Crippen molar-refractivity contribution in [3.63, 3.8) is 0 Å². The van der Waals surface area contributed by atoms with E-state index in [9.17, 15) is 0 Å². The lowest BCUT2D eigenvalue weighted by atomic mass is 10.1. The smallest absolute Gasteiger partial charge is 0.246 e. The van der Waals surface area contributed by atoms with Crippen LogP contribution in [0, 0.1) is 6.92 Å². The summed E-state index contributed by atoms with van der Waals surface area (Å²) in [6, 6.07) is 9.96. The van der Waals surface area contributed by atoms with Gasteiger partial charge in [0.05, 0.1) is 19.3 Å².